The van der Waals surface area contributed by atoms with Gasteiger partial charge in [-0.05, 0) is 37.3 Å². The minimum Gasteiger partial charge on any atom is -0.353 e. The average molecular weight is 242 g/mol. The number of nitrogens with one attached hydrogen (secondary N) is 3. The Balaban J connectivity index is 2.09. The number of hydrogen-bond acceptors (Lipinski definition) is 4. The van der Waals surface area contributed by atoms with Crippen molar-refractivity contribution in [1.82, 2.24) is 15.0 Å². The topological polar surface area (TPSA) is 56.5 Å². The van der Waals surface area contributed by atoms with E-state index in [4.69, 9.17) is 24.4 Å². The summed E-state index contributed by atoms with van der Waals surface area (Å²) in [5.41, 5.74) is 0. The van der Waals surface area contributed by atoms with Crippen LogP contribution in [0.1, 0.15) is 32.1 Å². The molecule has 0 aromatic carbocycles. The van der Waals surface area contributed by atoms with Crippen molar-refractivity contribution >= 4 is 30.4 Å². The van der Waals surface area contributed by atoms with Crippen molar-refractivity contribution in [3.8, 4) is 0 Å². The molecule has 1 aromatic heterocycles. The number of hydrogen-bond donors (Lipinski definition) is 3. The number of anilines is 1. The first kappa shape index (κ1) is 10.8. The van der Waals surface area contributed by atoms with Crippen LogP contribution in [0.15, 0.2) is 0 Å². The Morgan fingerprint density at radius 3 is 2.53 bits per heavy atom. The van der Waals surface area contributed by atoms with E-state index in [9.17, 15) is 0 Å². The van der Waals surface area contributed by atoms with Gasteiger partial charge in [0, 0.05) is 6.04 Å². The second kappa shape index (κ2) is 4.85. The third kappa shape index (κ3) is 3.10. The van der Waals surface area contributed by atoms with Gasteiger partial charge in [0.2, 0.25) is 10.7 Å². The van der Waals surface area contributed by atoms with E-state index in [1.807, 2.05) is 0 Å². The molecule has 1 saturated carbocycles. The van der Waals surface area contributed by atoms with Gasteiger partial charge in [-0.2, -0.15) is 4.98 Å². The van der Waals surface area contributed by atoms with E-state index in [0.717, 1.165) is 0 Å². The molecule has 0 atom stereocenters. The molecule has 3 N–H and O–H groups in total. The monoisotopic (exact) mass is 242 g/mol. The van der Waals surface area contributed by atoms with Gasteiger partial charge in [0.05, 0.1) is 0 Å². The molecule has 0 aliphatic heterocycles. The fraction of sp³-hybridized carbons (Fsp3) is 0.667. The zero-order chi connectivity index (χ0) is 10.7. The Morgan fingerprint density at radius 1 is 1.13 bits per heavy atom. The molecule has 0 spiro atoms. The Labute approximate surface area is 98.5 Å². The van der Waals surface area contributed by atoms with E-state index in [0.29, 0.717) is 21.5 Å². The summed E-state index contributed by atoms with van der Waals surface area (Å²) < 4.78 is 0.949. The second-order valence-electron chi connectivity index (χ2n) is 3.82. The molecule has 0 saturated heterocycles. The van der Waals surface area contributed by atoms with E-state index < -0.39 is 0 Å². The molecule has 4 nitrogen and oxygen atoms in total. The number of rotatable bonds is 2. The summed E-state index contributed by atoms with van der Waals surface area (Å²) in [5.74, 6) is 0.690. The zero-order valence-corrected chi connectivity index (χ0v) is 10.0. The van der Waals surface area contributed by atoms with Crippen LogP contribution >= 0.6 is 24.4 Å². The third-order valence-electron chi connectivity index (χ3n) is 2.61. The van der Waals surface area contributed by atoms with Crippen molar-refractivity contribution in [1.29, 1.82) is 0 Å². The molecule has 1 aliphatic rings. The smallest absolute Gasteiger partial charge is 0.205 e. The van der Waals surface area contributed by atoms with Crippen LogP contribution in [0, 0.1) is 9.54 Å². The maximum atomic E-state index is 5.00. The van der Waals surface area contributed by atoms with E-state index in [2.05, 4.69) is 20.3 Å². The minimum atomic E-state index is 0.428. The molecule has 0 bridgehead atoms. The summed E-state index contributed by atoms with van der Waals surface area (Å²) in [7, 11) is 0. The van der Waals surface area contributed by atoms with Crippen LogP contribution in [0.5, 0.6) is 0 Å². The highest BCUT2D eigenvalue weighted by molar-refractivity contribution is 7.71. The fourth-order valence-electron chi connectivity index (χ4n) is 1.90. The Kier molecular flexibility index (Phi) is 3.48. The average Bonchev–Trinajstić information content (AvgIpc) is 2.17. The molecular formula is C9H14N4S2. The van der Waals surface area contributed by atoms with E-state index in [1.54, 1.807) is 0 Å². The van der Waals surface area contributed by atoms with Crippen molar-refractivity contribution in [3.05, 3.63) is 9.54 Å². The van der Waals surface area contributed by atoms with Crippen molar-refractivity contribution in [2.75, 3.05) is 5.32 Å². The zero-order valence-electron chi connectivity index (χ0n) is 8.38. The van der Waals surface area contributed by atoms with Crippen LogP contribution in [-0.4, -0.2) is 21.0 Å². The second-order valence-corrected chi connectivity index (χ2v) is 4.62. The maximum absolute atomic E-state index is 5.00. The first-order chi connectivity index (χ1) is 7.24. The van der Waals surface area contributed by atoms with Gasteiger partial charge < -0.3 is 15.3 Å². The predicted molar refractivity (Wildman–Crippen MR) is 65.1 cm³/mol. The van der Waals surface area contributed by atoms with Crippen molar-refractivity contribution in [3.63, 3.8) is 0 Å². The highest BCUT2D eigenvalue weighted by Crippen LogP contribution is 2.19. The summed E-state index contributed by atoms with van der Waals surface area (Å²) >= 11 is 9.96. The standard InChI is InChI=1S/C9H14N4S2/c14-8-11-7(12-9(15)13-8)10-6-4-2-1-3-5-6/h6H,1-5H2,(H3,10,11,12,13,14,15). The maximum Gasteiger partial charge on any atom is 0.205 e. The molecular weight excluding hydrogens is 228 g/mol. The van der Waals surface area contributed by atoms with Gasteiger partial charge >= 0.3 is 0 Å². The van der Waals surface area contributed by atoms with Crippen molar-refractivity contribution in [2.45, 2.75) is 38.1 Å². The van der Waals surface area contributed by atoms with Gasteiger partial charge in [0.15, 0.2) is 4.77 Å². The van der Waals surface area contributed by atoms with Crippen molar-refractivity contribution in [2.24, 2.45) is 0 Å². The lowest BCUT2D eigenvalue weighted by molar-refractivity contribution is 0.460. The molecule has 1 aliphatic carbocycles. The van der Waals surface area contributed by atoms with Crippen LogP contribution in [0.3, 0.4) is 0 Å². The van der Waals surface area contributed by atoms with E-state index in [1.165, 1.54) is 32.1 Å². The number of aromatic amines is 2. The minimum absolute atomic E-state index is 0.428. The molecule has 1 aromatic rings. The first-order valence-electron chi connectivity index (χ1n) is 5.21. The van der Waals surface area contributed by atoms with Gasteiger partial charge in [0.1, 0.15) is 0 Å². The van der Waals surface area contributed by atoms with Crippen LogP contribution in [0.25, 0.3) is 0 Å². The summed E-state index contributed by atoms with van der Waals surface area (Å²) in [6, 6.07) is 0.508. The van der Waals surface area contributed by atoms with Gasteiger partial charge in [-0.1, -0.05) is 19.3 Å². The van der Waals surface area contributed by atoms with Gasteiger partial charge in [-0.15, -0.1) is 0 Å². The third-order valence-corrected chi connectivity index (χ3v) is 3.01. The Bertz CT molecular complexity index is 402. The summed E-state index contributed by atoms with van der Waals surface area (Å²) in [5, 5.41) is 3.34. The molecule has 15 heavy (non-hydrogen) atoms. The Morgan fingerprint density at radius 2 is 1.87 bits per heavy atom. The number of H-pyrrole nitrogens is 2. The van der Waals surface area contributed by atoms with Gasteiger partial charge in [-0.25, -0.2) is 0 Å². The highest BCUT2D eigenvalue weighted by Gasteiger charge is 2.13. The quantitative estimate of drug-likeness (QED) is 0.698. The van der Waals surface area contributed by atoms with Gasteiger partial charge in [0.25, 0.3) is 0 Å². The van der Waals surface area contributed by atoms with E-state index >= 15 is 0 Å². The summed E-state index contributed by atoms with van der Waals surface area (Å²) in [6.07, 6.45) is 6.33. The molecule has 0 radical (unpaired) electrons. The lowest BCUT2D eigenvalue weighted by Gasteiger charge is -2.22. The molecule has 82 valence electrons. The predicted octanol–water partition coefficient (Wildman–Crippen LogP) is 2.94. The Hall–Kier alpha value is -0.750. The van der Waals surface area contributed by atoms with Crippen LogP contribution in [0.2, 0.25) is 0 Å². The normalized spacial score (nSPS) is 17.6. The molecule has 1 heterocycles. The van der Waals surface area contributed by atoms with Gasteiger partial charge in [-0.3, -0.25) is 0 Å². The molecule has 2 rings (SSSR count). The number of aromatic nitrogens is 3. The first-order valence-corrected chi connectivity index (χ1v) is 6.03. The molecule has 6 heteroatoms. The summed E-state index contributed by atoms with van der Waals surface area (Å²) in [6.45, 7) is 0. The SMILES string of the molecule is S=c1nc(NC2CCCCC2)[nH]c(=S)[nH]1. The largest absolute Gasteiger partial charge is 0.353 e. The van der Waals surface area contributed by atoms with E-state index in [-0.39, 0.29) is 0 Å². The van der Waals surface area contributed by atoms with Crippen LogP contribution in [-0.2, 0) is 0 Å². The van der Waals surface area contributed by atoms with Crippen molar-refractivity contribution < 1.29 is 0 Å². The van der Waals surface area contributed by atoms with Crippen LogP contribution < -0.4 is 5.32 Å². The molecule has 0 unspecified atom stereocenters. The lowest BCUT2D eigenvalue weighted by atomic mass is 9.96. The molecule has 1 fully saturated rings. The number of nitrogens with zero attached hydrogens (tertiary/aromatic N) is 1. The fourth-order valence-corrected chi connectivity index (χ4v) is 2.35. The molecule has 0 amide bonds. The lowest BCUT2D eigenvalue weighted by Crippen LogP contribution is -2.23. The van der Waals surface area contributed by atoms with Crippen LogP contribution in [0.4, 0.5) is 5.95 Å². The highest BCUT2D eigenvalue weighted by atomic mass is 32.1. The summed E-state index contributed by atoms with van der Waals surface area (Å²) in [4.78, 5) is 9.89.